The maximum atomic E-state index is 13.4. The summed E-state index contributed by atoms with van der Waals surface area (Å²) in [6.45, 7) is 4.35. The van der Waals surface area contributed by atoms with Crippen LogP contribution >= 0.6 is 23.1 Å². The van der Waals surface area contributed by atoms with E-state index in [9.17, 15) is 4.79 Å². The van der Waals surface area contributed by atoms with E-state index in [2.05, 4.69) is 18.8 Å². The van der Waals surface area contributed by atoms with E-state index in [1.165, 1.54) is 50.3 Å². The van der Waals surface area contributed by atoms with Gasteiger partial charge in [-0.05, 0) is 80.0 Å². The number of rotatable bonds is 5. The van der Waals surface area contributed by atoms with Crippen LogP contribution in [0, 0.1) is 34.5 Å². The highest BCUT2D eigenvalue weighted by Crippen LogP contribution is 2.62. The predicted octanol–water partition coefficient (Wildman–Crippen LogP) is 6.49. The number of amidine groups is 2. The Morgan fingerprint density at radius 1 is 1.10 bits per heavy atom. The Balaban J connectivity index is 1.19. The molecule has 8 nitrogen and oxygen atoms in total. The first-order chi connectivity index (χ1) is 19.3. The van der Waals surface area contributed by atoms with Gasteiger partial charge in [0.2, 0.25) is 10.1 Å². The van der Waals surface area contributed by atoms with E-state index in [1.807, 2.05) is 34.8 Å². The maximum absolute atomic E-state index is 13.4. The second kappa shape index (κ2) is 8.94. The summed E-state index contributed by atoms with van der Waals surface area (Å²) in [6.07, 6.45) is 10.3. The van der Waals surface area contributed by atoms with Crippen molar-refractivity contribution in [1.82, 2.24) is 19.6 Å². The number of carbonyl (C=O) groups is 1. The van der Waals surface area contributed by atoms with Gasteiger partial charge in [-0.25, -0.2) is 9.50 Å². The SMILES string of the molecule is CC(C)Cc1nn2c(/C=C3/C(=N)N4N=C(C56CC7CC(CC(C7)C5)C6)SC4=NC3=O)c(-c3ccccc3)nc2s1. The first kappa shape index (κ1) is 24.7. The predicted molar refractivity (Wildman–Crippen MR) is 160 cm³/mol. The molecule has 10 heteroatoms. The zero-order valence-electron chi connectivity index (χ0n) is 22.6. The number of benzene rings is 1. The van der Waals surface area contributed by atoms with Crippen molar-refractivity contribution in [2.75, 3.05) is 0 Å². The molecule has 1 N–H and O–H groups in total. The molecule has 204 valence electrons. The number of aromatic nitrogens is 3. The van der Waals surface area contributed by atoms with E-state index in [0.717, 1.165) is 50.4 Å². The Labute approximate surface area is 241 Å². The molecule has 9 rings (SSSR count). The van der Waals surface area contributed by atoms with Crippen LogP contribution in [0.5, 0.6) is 0 Å². The maximum Gasteiger partial charge on any atom is 0.283 e. The highest BCUT2D eigenvalue weighted by Gasteiger charge is 2.55. The second-order valence-corrected chi connectivity index (χ2v) is 14.6. The Kier molecular flexibility index (Phi) is 5.52. The third-order valence-electron chi connectivity index (χ3n) is 9.14. The molecular formula is C30H31N7OS2. The number of nitrogens with one attached hydrogen (secondary N) is 1. The average molecular weight is 570 g/mol. The molecule has 0 spiro atoms. The van der Waals surface area contributed by atoms with E-state index >= 15 is 0 Å². The quantitative estimate of drug-likeness (QED) is 0.354. The summed E-state index contributed by atoms with van der Waals surface area (Å²) in [5, 5.41) is 23.2. The van der Waals surface area contributed by atoms with Crippen molar-refractivity contribution in [1.29, 1.82) is 5.41 Å². The lowest BCUT2D eigenvalue weighted by atomic mass is 9.50. The lowest BCUT2D eigenvalue weighted by Gasteiger charge is -2.56. The number of hydrazone groups is 1. The van der Waals surface area contributed by atoms with E-state index in [-0.39, 0.29) is 16.8 Å². The van der Waals surface area contributed by atoms with Crippen LogP contribution in [0.15, 0.2) is 46.0 Å². The lowest BCUT2D eigenvalue weighted by Crippen LogP contribution is -2.49. The van der Waals surface area contributed by atoms with Crippen LogP contribution in [0.1, 0.15) is 63.1 Å². The highest BCUT2D eigenvalue weighted by molar-refractivity contribution is 8.27. The molecule has 3 aromatic rings. The minimum atomic E-state index is -0.405. The molecule has 4 aliphatic carbocycles. The van der Waals surface area contributed by atoms with Crippen molar-refractivity contribution in [2.24, 2.45) is 39.2 Å². The van der Waals surface area contributed by atoms with Crippen molar-refractivity contribution in [3.63, 3.8) is 0 Å². The number of thioether (sulfide) groups is 1. The molecule has 0 radical (unpaired) electrons. The van der Waals surface area contributed by atoms with Crippen molar-refractivity contribution in [3.05, 3.63) is 46.6 Å². The van der Waals surface area contributed by atoms with Crippen molar-refractivity contribution in [3.8, 4) is 11.3 Å². The zero-order valence-corrected chi connectivity index (χ0v) is 24.3. The van der Waals surface area contributed by atoms with Gasteiger partial charge < -0.3 is 0 Å². The molecule has 4 saturated carbocycles. The van der Waals surface area contributed by atoms with Gasteiger partial charge >= 0.3 is 0 Å². The fourth-order valence-corrected chi connectivity index (χ4v) is 10.1. The van der Waals surface area contributed by atoms with Crippen LogP contribution in [-0.4, -0.2) is 41.6 Å². The Morgan fingerprint density at radius 3 is 2.48 bits per heavy atom. The highest BCUT2D eigenvalue weighted by atomic mass is 32.2. The molecule has 0 atom stereocenters. The van der Waals surface area contributed by atoms with E-state index in [1.54, 1.807) is 22.4 Å². The minimum absolute atomic E-state index is 0.0776. The molecule has 4 heterocycles. The minimum Gasteiger partial charge on any atom is -0.282 e. The smallest absolute Gasteiger partial charge is 0.282 e. The first-order valence-corrected chi connectivity index (χ1v) is 15.9. The number of hydrogen-bond acceptors (Lipinski definition) is 7. The summed E-state index contributed by atoms with van der Waals surface area (Å²) in [5.74, 6) is 2.53. The summed E-state index contributed by atoms with van der Waals surface area (Å²) < 4.78 is 1.82. The number of aliphatic imine (C=N–C) groups is 1. The van der Waals surface area contributed by atoms with Crippen LogP contribution in [0.3, 0.4) is 0 Å². The van der Waals surface area contributed by atoms with Gasteiger partial charge in [-0.1, -0.05) is 55.5 Å². The Morgan fingerprint density at radius 2 is 1.80 bits per heavy atom. The monoisotopic (exact) mass is 569 g/mol. The van der Waals surface area contributed by atoms with Gasteiger partial charge in [0.25, 0.3) is 5.91 Å². The second-order valence-electron chi connectivity index (χ2n) is 12.6. The summed E-state index contributed by atoms with van der Waals surface area (Å²) in [7, 11) is 0. The van der Waals surface area contributed by atoms with Crippen LogP contribution in [-0.2, 0) is 11.2 Å². The first-order valence-electron chi connectivity index (χ1n) is 14.3. The van der Waals surface area contributed by atoms with Gasteiger partial charge in [-0.3, -0.25) is 10.2 Å². The molecule has 0 unspecified atom stereocenters. The topological polar surface area (TPSA) is 99.1 Å². The lowest BCUT2D eigenvalue weighted by molar-refractivity contribution is -0.114. The van der Waals surface area contributed by atoms with Gasteiger partial charge in [0, 0.05) is 17.4 Å². The summed E-state index contributed by atoms with van der Waals surface area (Å²) in [6, 6.07) is 9.94. The van der Waals surface area contributed by atoms with Crippen molar-refractivity contribution < 1.29 is 4.79 Å². The molecule has 40 heavy (non-hydrogen) atoms. The van der Waals surface area contributed by atoms with E-state index < -0.39 is 5.91 Å². The summed E-state index contributed by atoms with van der Waals surface area (Å²) in [4.78, 5) is 23.6. The summed E-state index contributed by atoms with van der Waals surface area (Å²) in [5.41, 5.74) is 2.69. The Hall–Kier alpha value is -3.11. The van der Waals surface area contributed by atoms with Crippen molar-refractivity contribution >= 4 is 56.1 Å². The van der Waals surface area contributed by atoms with Crippen molar-refractivity contribution in [2.45, 2.75) is 58.8 Å². The van der Waals surface area contributed by atoms with Crippen LogP contribution in [0.25, 0.3) is 22.3 Å². The standard InChI is InChI=1S/C30H31N7OS2/c1-16(2)8-23-34-36-22(24(32-28(36)39-23)20-6-4-3-5-7-20)12-21-25(31)37-29(33-26(21)38)40-27(35-37)30-13-17-9-18(14-30)11-19(10-17)15-30/h3-7,12,16-19,31H,8-11,13-15H2,1-2H3/b21-12-,31-25?. The molecule has 4 fully saturated rings. The molecule has 0 saturated heterocycles. The fourth-order valence-electron chi connectivity index (χ4n) is 7.89. The summed E-state index contributed by atoms with van der Waals surface area (Å²) >= 11 is 3.09. The molecule has 4 bridgehead atoms. The van der Waals surface area contributed by atoms with Gasteiger partial charge in [0.05, 0.1) is 17.0 Å². The molecule has 2 aliphatic heterocycles. The number of carbonyl (C=O) groups excluding carboxylic acids is 1. The number of nitrogens with zero attached hydrogens (tertiary/aromatic N) is 6. The molecule has 1 amide bonds. The zero-order chi connectivity index (χ0) is 27.2. The average Bonchev–Trinajstić information content (AvgIpc) is 3.60. The van der Waals surface area contributed by atoms with Gasteiger partial charge in [0.1, 0.15) is 10.1 Å². The normalized spacial score (nSPS) is 30.1. The Bertz CT molecular complexity index is 1630. The molecule has 2 aromatic heterocycles. The number of fused-ring (bicyclic) bond motifs is 2. The number of hydrogen-bond donors (Lipinski definition) is 1. The van der Waals surface area contributed by atoms with Crippen LogP contribution in [0.2, 0.25) is 0 Å². The van der Waals surface area contributed by atoms with Gasteiger partial charge in [-0.2, -0.15) is 20.2 Å². The van der Waals surface area contributed by atoms with Gasteiger partial charge in [-0.15, -0.1) is 0 Å². The third kappa shape index (κ3) is 3.86. The third-order valence-corrected chi connectivity index (χ3v) is 11.2. The van der Waals surface area contributed by atoms with E-state index in [0.29, 0.717) is 16.8 Å². The fraction of sp³-hybridized carbons (Fsp3) is 0.467. The van der Waals surface area contributed by atoms with Gasteiger partial charge in [0.15, 0.2) is 5.84 Å². The van der Waals surface area contributed by atoms with Crippen LogP contribution in [0.4, 0.5) is 0 Å². The molecule has 6 aliphatic rings. The molecule has 1 aromatic carbocycles. The number of imidazole rings is 1. The number of amides is 1. The molecular weight excluding hydrogens is 539 g/mol. The van der Waals surface area contributed by atoms with Crippen LogP contribution < -0.4 is 0 Å². The van der Waals surface area contributed by atoms with E-state index in [4.69, 9.17) is 20.6 Å². The largest absolute Gasteiger partial charge is 0.283 e.